The molecule has 3 aromatic rings. The number of benzene rings is 3. The number of likely N-dealkylation sites (tertiary alicyclic amines) is 1. The van der Waals surface area contributed by atoms with Gasteiger partial charge in [0, 0.05) is 54.8 Å². The molecular formula is C34H43Cl2FN4O3S. The molecule has 2 fully saturated rings. The van der Waals surface area contributed by atoms with Gasteiger partial charge in [0.2, 0.25) is 5.91 Å². The van der Waals surface area contributed by atoms with E-state index in [4.69, 9.17) is 17.3 Å². The molecule has 3 aromatic carbocycles. The van der Waals surface area contributed by atoms with Crippen LogP contribution in [0.3, 0.4) is 0 Å². The summed E-state index contributed by atoms with van der Waals surface area (Å²) in [4.78, 5) is 21.2. The van der Waals surface area contributed by atoms with Gasteiger partial charge in [-0.05, 0) is 109 Å². The van der Waals surface area contributed by atoms with Crippen LogP contribution in [0.15, 0.2) is 59.5 Å². The molecule has 1 unspecified atom stereocenters. The second-order valence-corrected chi connectivity index (χ2v) is 13.5. The zero-order valence-corrected chi connectivity index (χ0v) is 28.0. The van der Waals surface area contributed by atoms with Gasteiger partial charge in [0.25, 0.3) is 0 Å². The molecule has 2 aliphatic heterocycles. The molecule has 5 rings (SSSR count). The molecule has 0 aromatic heterocycles. The maximum Gasteiger partial charge on any atom is 0.239 e. The van der Waals surface area contributed by atoms with Gasteiger partial charge in [-0.15, -0.1) is 24.2 Å². The first kappa shape index (κ1) is 35.3. The van der Waals surface area contributed by atoms with E-state index in [0.717, 1.165) is 74.6 Å². The third kappa shape index (κ3) is 9.05. The van der Waals surface area contributed by atoms with Gasteiger partial charge >= 0.3 is 0 Å². The first-order chi connectivity index (χ1) is 21.2. The van der Waals surface area contributed by atoms with Crippen molar-refractivity contribution in [2.45, 2.75) is 43.7 Å². The van der Waals surface area contributed by atoms with E-state index in [9.17, 15) is 19.4 Å². The molecular weight excluding hydrogens is 634 g/mol. The summed E-state index contributed by atoms with van der Waals surface area (Å²) in [6.45, 7) is 8.21. The number of piperazine rings is 1. The van der Waals surface area contributed by atoms with Gasteiger partial charge in [0.05, 0.1) is 6.04 Å². The molecule has 0 spiro atoms. The molecule has 0 radical (unpaired) electrons. The Kier molecular flexibility index (Phi) is 12.8. The lowest BCUT2D eigenvalue weighted by atomic mass is 9.88. The molecule has 4 N–H and O–H groups in total. The molecule has 0 saturated carbocycles. The summed E-state index contributed by atoms with van der Waals surface area (Å²) in [5.41, 5.74) is 9.71. The molecule has 2 heterocycles. The summed E-state index contributed by atoms with van der Waals surface area (Å²) in [5, 5.41) is 20.5. The van der Waals surface area contributed by atoms with Crippen molar-refractivity contribution < 1.29 is 19.4 Å². The SMILES string of the molecule is CCSc1ccc(O)cc1CN1CCN(C(=O)C(N)C2CCN(CCc3cc(Cl)ccc3-c3cc(O)ccc3F)CC2)CC1.Cl. The Balaban J connectivity index is 0.00000461. The molecule has 45 heavy (non-hydrogen) atoms. The van der Waals surface area contributed by atoms with E-state index < -0.39 is 6.04 Å². The number of thioether (sulfide) groups is 1. The first-order valence-corrected chi connectivity index (χ1v) is 16.8. The minimum atomic E-state index is -0.504. The molecule has 1 amide bonds. The van der Waals surface area contributed by atoms with Crippen LogP contribution in [0.2, 0.25) is 5.02 Å². The average Bonchev–Trinajstić information content (AvgIpc) is 3.03. The number of rotatable bonds is 10. The summed E-state index contributed by atoms with van der Waals surface area (Å²) in [6, 6.07) is 14.5. The van der Waals surface area contributed by atoms with Gasteiger partial charge in [-0.1, -0.05) is 24.6 Å². The van der Waals surface area contributed by atoms with Crippen LogP contribution in [0.4, 0.5) is 4.39 Å². The molecule has 0 aliphatic carbocycles. The molecule has 244 valence electrons. The third-order valence-corrected chi connectivity index (χ3v) is 10.1. The van der Waals surface area contributed by atoms with Crippen LogP contribution in [0.25, 0.3) is 11.1 Å². The summed E-state index contributed by atoms with van der Waals surface area (Å²) >= 11 is 8.07. The van der Waals surface area contributed by atoms with Crippen LogP contribution >= 0.6 is 35.8 Å². The number of hydrogen-bond donors (Lipinski definition) is 3. The lowest BCUT2D eigenvalue weighted by Crippen LogP contribution is -2.55. The Morgan fingerprint density at radius 3 is 2.33 bits per heavy atom. The fourth-order valence-electron chi connectivity index (χ4n) is 6.33. The van der Waals surface area contributed by atoms with Crippen molar-refractivity contribution in [2.24, 2.45) is 11.7 Å². The number of phenolic OH excluding ortho intramolecular Hbond substituents is 2. The van der Waals surface area contributed by atoms with Crippen LogP contribution in [0, 0.1) is 11.7 Å². The van der Waals surface area contributed by atoms with Crippen molar-refractivity contribution in [1.29, 1.82) is 0 Å². The highest BCUT2D eigenvalue weighted by Crippen LogP contribution is 2.32. The monoisotopic (exact) mass is 676 g/mol. The topological polar surface area (TPSA) is 93.3 Å². The van der Waals surface area contributed by atoms with E-state index >= 15 is 0 Å². The number of nitrogens with zero attached hydrogens (tertiary/aromatic N) is 3. The Morgan fingerprint density at radius 1 is 0.933 bits per heavy atom. The van der Waals surface area contributed by atoms with E-state index in [1.807, 2.05) is 29.2 Å². The van der Waals surface area contributed by atoms with Crippen molar-refractivity contribution in [2.75, 3.05) is 51.6 Å². The number of nitrogens with two attached hydrogens (primary N) is 1. The number of amides is 1. The van der Waals surface area contributed by atoms with Crippen LogP contribution in [-0.4, -0.2) is 88.4 Å². The lowest BCUT2D eigenvalue weighted by molar-refractivity contribution is -0.136. The number of phenols is 2. The van der Waals surface area contributed by atoms with Crippen molar-refractivity contribution >= 4 is 41.7 Å². The molecule has 7 nitrogen and oxygen atoms in total. The Morgan fingerprint density at radius 2 is 1.62 bits per heavy atom. The Bertz CT molecular complexity index is 1450. The van der Waals surface area contributed by atoms with Gasteiger partial charge < -0.3 is 25.7 Å². The highest BCUT2D eigenvalue weighted by Gasteiger charge is 2.33. The average molecular weight is 678 g/mol. The number of carbonyl (C=O) groups is 1. The largest absolute Gasteiger partial charge is 0.508 e. The van der Waals surface area contributed by atoms with Gasteiger partial charge in [-0.25, -0.2) is 4.39 Å². The van der Waals surface area contributed by atoms with Crippen LogP contribution in [0.1, 0.15) is 30.9 Å². The predicted octanol–water partition coefficient (Wildman–Crippen LogP) is 6.02. The van der Waals surface area contributed by atoms with E-state index in [0.29, 0.717) is 30.1 Å². The van der Waals surface area contributed by atoms with Crippen molar-refractivity contribution in [3.8, 4) is 22.6 Å². The maximum atomic E-state index is 14.6. The normalized spacial score (nSPS) is 17.2. The van der Waals surface area contributed by atoms with Crippen molar-refractivity contribution in [3.63, 3.8) is 0 Å². The maximum absolute atomic E-state index is 14.6. The Hall–Kier alpha value is -2.53. The van der Waals surface area contributed by atoms with Crippen molar-refractivity contribution in [3.05, 3.63) is 76.6 Å². The van der Waals surface area contributed by atoms with Gasteiger partial charge in [0.15, 0.2) is 0 Å². The second kappa shape index (κ2) is 16.3. The third-order valence-electron chi connectivity index (χ3n) is 8.85. The van der Waals surface area contributed by atoms with E-state index in [-0.39, 0.29) is 41.5 Å². The molecule has 11 heteroatoms. The quantitative estimate of drug-likeness (QED) is 0.226. The predicted molar refractivity (Wildman–Crippen MR) is 183 cm³/mol. The number of aromatic hydroxyl groups is 2. The Labute approximate surface area is 280 Å². The molecule has 1 atom stereocenters. The molecule has 2 saturated heterocycles. The van der Waals surface area contributed by atoms with Crippen molar-refractivity contribution in [1.82, 2.24) is 14.7 Å². The number of hydrogen-bond acceptors (Lipinski definition) is 7. The fourth-order valence-corrected chi connectivity index (χ4v) is 7.31. The minimum Gasteiger partial charge on any atom is -0.508 e. The molecule has 2 aliphatic rings. The second-order valence-electron chi connectivity index (χ2n) is 11.7. The van der Waals surface area contributed by atoms with E-state index in [2.05, 4.69) is 16.7 Å². The van der Waals surface area contributed by atoms with Crippen LogP contribution in [0.5, 0.6) is 11.5 Å². The lowest BCUT2D eigenvalue weighted by Gasteiger charge is -2.39. The van der Waals surface area contributed by atoms with Gasteiger partial charge in [0.1, 0.15) is 17.3 Å². The van der Waals surface area contributed by atoms with Crippen LogP contribution in [-0.2, 0) is 17.8 Å². The summed E-state index contributed by atoms with van der Waals surface area (Å²) in [6.07, 6.45) is 2.39. The number of halogens is 3. The highest BCUT2D eigenvalue weighted by atomic mass is 35.5. The standard InChI is InChI=1S/C34H42ClFN4O3S.ClH/c1-2-44-32-8-5-27(41)20-25(32)22-39-15-17-40(18-16-39)34(43)33(37)23-9-12-38(13-10-23)14-11-24-19-26(35)3-6-29(24)30-21-28(42)4-7-31(30)36;/h3-8,19-21,23,33,41-42H,2,9-18,22,37H2,1H3;1H. The van der Waals surface area contributed by atoms with E-state index in [1.54, 1.807) is 23.9 Å². The smallest absolute Gasteiger partial charge is 0.239 e. The number of piperidine rings is 1. The highest BCUT2D eigenvalue weighted by molar-refractivity contribution is 7.99. The van der Waals surface area contributed by atoms with Gasteiger partial charge in [-0.3, -0.25) is 9.69 Å². The van der Waals surface area contributed by atoms with Gasteiger partial charge in [-0.2, -0.15) is 0 Å². The fraction of sp³-hybridized carbons (Fsp3) is 0.441. The minimum absolute atomic E-state index is 0. The summed E-state index contributed by atoms with van der Waals surface area (Å²) in [7, 11) is 0. The number of carbonyl (C=O) groups excluding carboxylic acids is 1. The first-order valence-electron chi connectivity index (χ1n) is 15.4. The zero-order valence-electron chi connectivity index (χ0n) is 25.6. The molecule has 0 bridgehead atoms. The zero-order chi connectivity index (χ0) is 31.2. The summed E-state index contributed by atoms with van der Waals surface area (Å²) < 4.78 is 14.6. The van der Waals surface area contributed by atoms with Crippen LogP contribution < -0.4 is 5.73 Å². The van der Waals surface area contributed by atoms with E-state index in [1.165, 1.54) is 23.1 Å². The summed E-state index contributed by atoms with van der Waals surface area (Å²) in [5.74, 6) is 1.07.